The Hall–Kier alpha value is -0.930. The first-order valence-corrected chi connectivity index (χ1v) is 7.84. The Balaban J connectivity index is 1.89. The van der Waals surface area contributed by atoms with Gasteiger partial charge in [0, 0.05) is 19.1 Å². The Labute approximate surface area is 122 Å². The topological polar surface area (TPSA) is 15.3 Å². The third kappa shape index (κ3) is 4.88. The van der Waals surface area contributed by atoms with Crippen LogP contribution in [-0.2, 0) is 6.54 Å². The van der Waals surface area contributed by atoms with Crippen LogP contribution in [0.4, 0.5) is 4.39 Å². The number of hydrogen-bond acceptors (Lipinski definition) is 2. The number of rotatable bonds is 6. The van der Waals surface area contributed by atoms with Crippen LogP contribution in [0.2, 0.25) is 0 Å². The highest BCUT2D eigenvalue weighted by Gasteiger charge is 2.22. The molecule has 1 unspecified atom stereocenters. The van der Waals surface area contributed by atoms with Gasteiger partial charge in [-0.1, -0.05) is 32.4 Å². The summed E-state index contributed by atoms with van der Waals surface area (Å²) in [6.07, 6.45) is 3.82. The summed E-state index contributed by atoms with van der Waals surface area (Å²) >= 11 is 0. The smallest absolute Gasteiger partial charge is 0.123 e. The molecular formula is C17H27FN2. The summed E-state index contributed by atoms with van der Waals surface area (Å²) in [5, 5.41) is 3.57. The van der Waals surface area contributed by atoms with Crippen molar-refractivity contribution in [2.75, 3.05) is 19.6 Å². The fourth-order valence-corrected chi connectivity index (χ4v) is 2.91. The fourth-order valence-electron chi connectivity index (χ4n) is 2.91. The molecule has 0 aliphatic carbocycles. The Morgan fingerprint density at radius 3 is 2.95 bits per heavy atom. The molecule has 1 aromatic rings. The maximum Gasteiger partial charge on any atom is 0.123 e. The quantitative estimate of drug-likeness (QED) is 0.857. The molecule has 3 heteroatoms. The Morgan fingerprint density at radius 2 is 2.20 bits per heavy atom. The van der Waals surface area contributed by atoms with Crippen LogP contribution in [0.5, 0.6) is 0 Å². The van der Waals surface area contributed by atoms with Gasteiger partial charge in [0.1, 0.15) is 5.82 Å². The van der Waals surface area contributed by atoms with Gasteiger partial charge in [0.05, 0.1) is 0 Å². The molecule has 0 saturated carbocycles. The zero-order valence-corrected chi connectivity index (χ0v) is 12.7. The van der Waals surface area contributed by atoms with Crippen molar-refractivity contribution in [3.63, 3.8) is 0 Å². The monoisotopic (exact) mass is 278 g/mol. The zero-order valence-electron chi connectivity index (χ0n) is 12.7. The van der Waals surface area contributed by atoms with Crippen LogP contribution in [0.1, 0.15) is 38.7 Å². The van der Waals surface area contributed by atoms with Gasteiger partial charge in [-0.3, -0.25) is 4.90 Å². The molecule has 0 spiro atoms. The maximum absolute atomic E-state index is 13.3. The molecule has 1 aliphatic heterocycles. The van der Waals surface area contributed by atoms with E-state index in [1.807, 2.05) is 6.07 Å². The van der Waals surface area contributed by atoms with Crippen LogP contribution in [0.3, 0.4) is 0 Å². The number of nitrogens with one attached hydrogen (secondary N) is 1. The first-order valence-electron chi connectivity index (χ1n) is 7.84. The lowest BCUT2D eigenvalue weighted by molar-refractivity contribution is 0.136. The maximum atomic E-state index is 13.3. The third-order valence-corrected chi connectivity index (χ3v) is 3.96. The van der Waals surface area contributed by atoms with Crippen molar-refractivity contribution >= 4 is 0 Å². The van der Waals surface area contributed by atoms with Gasteiger partial charge in [-0.2, -0.15) is 0 Å². The lowest BCUT2D eigenvalue weighted by atomic mass is 10.0. The van der Waals surface area contributed by atoms with E-state index in [0.29, 0.717) is 12.0 Å². The van der Waals surface area contributed by atoms with Crippen LogP contribution in [-0.4, -0.2) is 30.6 Å². The molecule has 0 radical (unpaired) electrons. The lowest BCUT2D eigenvalue weighted by Gasteiger charge is -2.36. The normalized spacial score (nSPS) is 20.5. The van der Waals surface area contributed by atoms with Gasteiger partial charge in [0.2, 0.25) is 0 Å². The predicted molar refractivity (Wildman–Crippen MR) is 82.2 cm³/mol. The molecule has 1 heterocycles. The van der Waals surface area contributed by atoms with Crippen LogP contribution in [0.25, 0.3) is 0 Å². The molecule has 1 saturated heterocycles. The minimum absolute atomic E-state index is 0.131. The highest BCUT2D eigenvalue weighted by atomic mass is 19.1. The molecule has 1 aromatic carbocycles. The molecule has 1 N–H and O–H groups in total. The van der Waals surface area contributed by atoms with Crippen molar-refractivity contribution in [1.82, 2.24) is 10.2 Å². The van der Waals surface area contributed by atoms with E-state index in [0.717, 1.165) is 31.7 Å². The van der Waals surface area contributed by atoms with Gasteiger partial charge in [0.15, 0.2) is 0 Å². The van der Waals surface area contributed by atoms with E-state index < -0.39 is 0 Å². The van der Waals surface area contributed by atoms with Gasteiger partial charge in [-0.25, -0.2) is 4.39 Å². The summed E-state index contributed by atoms with van der Waals surface area (Å²) in [7, 11) is 0. The largest absolute Gasteiger partial charge is 0.315 e. The second kappa shape index (κ2) is 7.75. The summed E-state index contributed by atoms with van der Waals surface area (Å²) in [6, 6.07) is 7.59. The van der Waals surface area contributed by atoms with E-state index in [-0.39, 0.29) is 5.82 Å². The van der Waals surface area contributed by atoms with Crippen molar-refractivity contribution in [3.05, 3.63) is 35.6 Å². The molecule has 0 amide bonds. The van der Waals surface area contributed by atoms with Crippen LogP contribution in [0, 0.1) is 11.7 Å². The molecule has 2 nitrogen and oxygen atoms in total. The van der Waals surface area contributed by atoms with E-state index in [1.165, 1.54) is 25.3 Å². The summed E-state index contributed by atoms with van der Waals surface area (Å²) in [4.78, 5) is 2.51. The standard InChI is InChI=1S/C17H27FN2/c1-14(2)11-19-12-17-8-3-4-9-20(17)13-15-6-5-7-16(18)10-15/h5-7,10,14,17,19H,3-4,8-9,11-13H2,1-2H3. The second-order valence-electron chi connectivity index (χ2n) is 6.30. The van der Waals surface area contributed by atoms with Gasteiger partial charge < -0.3 is 5.32 Å². The van der Waals surface area contributed by atoms with Crippen molar-refractivity contribution in [3.8, 4) is 0 Å². The van der Waals surface area contributed by atoms with Crippen molar-refractivity contribution in [2.45, 2.75) is 45.7 Å². The fraction of sp³-hybridized carbons (Fsp3) is 0.647. The van der Waals surface area contributed by atoms with Crippen molar-refractivity contribution in [2.24, 2.45) is 5.92 Å². The van der Waals surface area contributed by atoms with Gasteiger partial charge in [0.25, 0.3) is 0 Å². The summed E-state index contributed by atoms with van der Waals surface area (Å²) in [5.74, 6) is 0.559. The second-order valence-corrected chi connectivity index (χ2v) is 6.30. The summed E-state index contributed by atoms with van der Waals surface area (Å²) < 4.78 is 13.3. The van der Waals surface area contributed by atoms with Crippen LogP contribution < -0.4 is 5.32 Å². The number of benzene rings is 1. The van der Waals surface area contributed by atoms with Gasteiger partial charge in [-0.05, 0) is 49.5 Å². The summed E-state index contributed by atoms with van der Waals surface area (Å²) in [5.41, 5.74) is 1.08. The first-order chi connectivity index (χ1) is 9.65. The molecule has 20 heavy (non-hydrogen) atoms. The average Bonchev–Trinajstić information content (AvgIpc) is 2.40. The Bertz CT molecular complexity index is 406. The van der Waals surface area contributed by atoms with E-state index in [4.69, 9.17) is 0 Å². The number of piperidine rings is 1. The third-order valence-electron chi connectivity index (χ3n) is 3.96. The molecule has 0 bridgehead atoms. The first kappa shape index (κ1) is 15.5. The van der Waals surface area contributed by atoms with E-state index in [2.05, 4.69) is 24.1 Å². The molecule has 2 rings (SSSR count). The van der Waals surface area contributed by atoms with Gasteiger partial charge >= 0.3 is 0 Å². The highest BCUT2D eigenvalue weighted by molar-refractivity contribution is 5.16. The molecule has 1 fully saturated rings. The Morgan fingerprint density at radius 1 is 1.35 bits per heavy atom. The average molecular weight is 278 g/mol. The molecule has 0 aromatic heterocycles. The number of hydrogen-bond donors (Lipinski definition) is 1. The summed E-state index contributed by atoms with van der Waals surface area (Å²) in [6.45, 7) is 8.59. The van der Waals surface area contributed by atoms with E-state index in [9.17, 15) is 4.39 Å². The van der Waals surface area contributed by atoms with Crippen molar-refractivity contribution < 1.29 is 4.39 Å². The van der Waals surface area contributed by atoms with E-state index >= 15 is 0 Å². The van der Waals surface area contributed by atoms with Gasteiger partial charge in [-0.15, -0.1) is 0 Å². The van der Waals surface area contributed by atoms with E-state index in [1.54, 1.807) is 12.1 Å². The molecule has 1 aliphatic rings. The minimum atomic E-state index is -0.131. The SMILES string of the molecule is CC(C)CNCC1CCCCN1Cc1cccc(F)c1. The molecule has 1 atom stereocenters. The van der Waals surface area contributed by atoms with Crippen LogP contribution in [0.15, 0.2) is 24.3 Å². The molecule has 112 valence electrons. The molecular weight excluding hydrogens is 251 g/mol. The number of halogens is 1. The number of nitrogens with zero attached hydrogens (tertiary/aromatic N) is 1. The minimum Gasteiger partial charge on any atom is -0.315 e. The zero-order chi connectivity index (χ0) is 14.4. The van der Waals surface area contributed by atoms with Crippen molar-refractivity contribution in [1.29, 1.82) is 0 Å². The highest BCUT2D eigenvalue weighted by Crippen LogP contribution is 2.19. The predicted octanol–water partition coefficient (Wildman–Crippen LogP) is 3.43. The Kier molecular flexibility index (Phi) is 5.99. The van der Waals surface area contributed by atoms with Crippen LogP contribution >= 0.6 is 0 Å². The number of likely N-dealkylation sites (tertiary alicyclic amines) is 1. The lowest BCUT2D eigenvalue weighted by Crippen LogP contribution is -2.45.